The summed E-state index contributed by atoms with van der Waals surface area (Å²) in [6.45, 7) is 2.04. The fourth-order valence-electron chi connectivity index (χ4n) is 1.64. The Morgan fingerprint density at radius 3 is 2.53 bits per heavy atom. The maximum absolute atomic E-state index is 13.7. The highest BCUT2D eigenvalue weighted by Gasteiger charge is 2.13. The van der Waals surface area contributed by atoms with Crippen LogP contribution in [0.25, 0.3) is 0 Å². The molecule has 1 aromatic rings. The summed E-state index contributed by atoms with van der Waals surface area (Å²) in [6.07, 6.45) is 1.92. The molecular formula is C14H18F2N2O. The van der Waals surface area contributed by atoms with Crippen LogP contribution in [0.3, 0.4) is 0 Å². The highest BCUT2D eigenvalue weighted by atomic mass is 19.1. The zero-order valence-electron chi connectivity index (χ0n) is 11.0. The van der Waals surface area contributed by atoms with Gasteiger partial charge in [0.1, 0.15) is 0 Å². The van der Waals surface area contributed by atoms with Crippen molar-refractivity contribution in [3.05, 3.63) is 29.3 Å². The van der Waals surface area contributed by atoms with Gasteiger partial charge in [-0.25, -0.2) is 8.78 Å². The van der Waals surface area contributed by atoms with E-state index in [0.29, 0.717) is 24.8 Å². The quantitative estimate of drug-likeness (QED) is 0.773. The van der Waals surface area contributed by atoms with Gasteiger partial charge in [-0.1, -0.05) is 6.92 Å². The molecule has 19 heavy (non-hydrogen) atoms. The number of unbranched alkanes of at least 4 members (excludes halogenated alkanes) is 1. The predicted molar refractivity (Wildman–Crippen MR) is 68.7 cm³/mol. The maximum Gasteiger partial charge on any atom is 0.190 e. The van der Waals surface area contributed by atoms with Crippen LogP contribution >= 0.6 is 0 Å². The van der Waals surface area contributed by atoms with E-state index >= 15 is 0 Å². The minimum Gasteiger partial charge on any atom is -0.488 e. The number of nitriles is 1. The van der Waals surface area contributed by atoms with Crippen molar-refractivity contribution in [1.82, 2.24) is 0 Å². The van der Waals surface area contributed by atoms with E-state index in [2.05, 4.69) is 0 Å². The van der Waals surface area contributed by atoms with Gasteiger partial charge in [0.05, 0.1) is 12.7 Å². The molecule has 0 spiro atoms. The van der Waals surface area contributed by atoms with Crippen LogP contribution < -0.4 is 10.5 Å². The molecule has 5 heteroatoms. The van der Waals surface area contributed by atoms with Crippen LogP contribution in [0.2, 0.25) is 0 Å². The Morgan fingerprint density at radius 1 is 1.37 bits per heavy atom. The van der Waals surface area contributed by atoms with Crippen LogP contribution in [0.4, 0.5) is 8.78 Å². The Balaban J connectivity index is 2.71. The second-order valence-corrected chi connectivity index (χ2v) is 4.37. The summed E-state index contributed by atoms with van der Waals surface area (Å²) in [5.41, 5.74) is 6.27. The van der Waals surface area contributed by atoms with Gasteiger partial charge in [-0.15, -0.1) is 0 Å². The zero-order chi connectivity index (χ0) is 14.3. The average molecular weight is 268 g/mol. The molecule has 1 rings (SSSR count). The van der Waals surface area contributed by atoms with Crippen molar-refractivity contribution in [2.75, 3.05) is 6.61 Å². The zero-order valence-corrected chi connectivity index (χ0v) is 11.0. The van der Waals surface area contributed by atoms with Gasteiger partial charge >= 0.3 is 0 Å². The van der Waals surface area contributed by atoms with E-state index in [1.807, 2.05) is 13.0 Å². The van der Waals surface area contributed by atoms with Crippen LogP contribution in [0.1, 0.15) is 31.7 Å². The topological polar surface area (TPSA) is 59.0 Å². The number of nitrogens with two attached hydrogens (primary N) is 1. The fraction of sp³-hybridized carbons (Fsp3) is 0.500. The molecule has 104 valence electrons. The Labute approximate surface area is 112 Å². The third kappa shape index (κ3) is 4.84. The van der Waals surface area contributed by atoms with E-state index in [-0.39, 0.29) is 18.4 Å². The number of hydrogen-bond donors (Lipinski definition) is 1. The summed E-state index contributed by atoms with van der Waals surface area (Å²) in [6, 6.07) is 4.33. The van der Waals surface area contributed by atoms with Gasteiger partial charge in [0, 0.05) is 12.5 Å². The highest BCUT2D eigenvalue weighted by Crippen LogP contribution is 2.24. The van der Waals surface area contributed by atoms with E-state index in [9.17, 15) is 8.78 Å². The molecule has 0 saturated carbocycles. The second kappa shape index (κ2) is 7.70. The number of nitrogens with zero attached hydrogens (tertiary/aromatic N) is 1. The van der Waals surface area contributed by atoms with Gasteiger partial charge in [-0.05, 0) is 37.0 Å². The molecule has 0 aliphatic rings. The lowest BCUT2D eigenvalue weighted by Crippen LogP contribution is -2.21. The smallest absolute Gasteiger partial charge is 0.190 e. The first kappa shape index (κ1) is 15.4. The van der Waals surface area contributed by atoms with Crippen molar-refractivity contribution in [2.45, 2.75) is 38.6 Å². The van der Waals surface area contributed by atoms with Gasteiger partial charge < -0.3 is 10.5 Å². The molecular weight excluding hydrogens is 250 g/mol. The van der Waals surface area contributed by atoms with Crippen LogP contribution in [-0.2, 0) is 6.42 Å². The summed E-state index contributed by atoms with van der Waals surface area (Å²) in [7, 11) is 0. The average Bonchev–Trinajstić information content (AvgIpc) is 2.37. The number of rotatable bonds is 7. The lowest BCUT2D eigenvalue weighted by Gasteiger charge is -2.12. The molecule has 1 aromatic carbocycles. The van der Waals surface area contributed by atoms with Gasteiger partial charge in [-0.2, -0.15) is 5.26 Å². The third-order valence-electron chi connectivity index (χ3n) is 2.76. The van der Waals surface area contributed by atoms with E-state index in [1.165, 1.54) is 12.1 Å². The molecule has 1 atom stereocenters. The second-order valence-electron chi connectivity index (χ2n) is 4.37. The molecule has 2 N–H and O–H groups in total. The van der Waals surface area contributed by atoms with E-state index < -0.39 is 11.6 Å². The third-order valence-corrected chi connectivity index (χ3v) is 2.76. The fourth-order valence-corrected chi connectivity index (χ4v) is 1.64. The largest absolute Gasteiger partial charge is 0.488 e. The van der Waals surface area contributed by atoms with Crippen molar-refractivity contribution in [3.63, 3.8) is 0 Å². The van der Waals surface area contributed by atoms with Crippen molar-refractivity contribution in [1.29, 1.82) is 5.26 Å². The molecule has 0 amide bonds. The summed E-state index contributed by atoms with van der Waals surface area (Å²) >= 11 is 0. The number of hydrogen-bond acceptors (Lipinski definition) is 3. The molecule has 0 saturated heterocycles. The molecule has 0 aliphatic carbocycles. The molecule has 3 nitrogen and oxygen atoms in total. The molecule has 0 aromatic heterocycles. The first-order valence-corrected chi connectivity index (χ1v) is 6.31. The van der Waals surface area contributed by atoms with Gasteiger partial charge in [0.25, 0.3) is 0 Å². The summed E-state index contributed by atoms with van der Waals surface area (Å²) in [4.78, 5) is 0. The monoisotopic (exact) mass is 268 g/mol. The van der Waals surface area contributed by atoms with Gasteiger partial charge in [-0.3, -0.25) is 0 Å². The SMILES string of the molecule is CCC(N)Cc1cc(F)c(OCCCC#N)c(F)c1. The van der Waals surface area contributed by atoms with Crippen molar-refractivity contribution in [3.8, 4) is 11.8 Å². The highest BCUT2D eigenvalue weighted by molar-refractivity contribution is 5.31. The van der Waals surface area contributed by atoms with Crippen LogP contribution in [0.5, 0.6) is 5.75 Å². The Bertz CT molecular complexity index is 434. The van der Waals surface area contributed by atoms with Crippen molar-refractivity contribution >= 4 is 0 Å². The standard InChI is InChI=1S/C14H18F2N2O/c1-2-11(18)7-10-8-12(15)14(13(16)9-10)19-6-4-3-5-17/h8-9,11H,2-4,6-7,18H2,1H3. The summed E-state index contributed by atoms with van der Waals surface area (Å²) in [5.74, 6) is -1.84. The number of halogens is 2. The molecule has 0 bridgehead atoms. The molecule has 1 unspecified atom stereocenters. The van der Waals surface area contributed by atoms with E-state index in [4.69, 9.17) is 15.7 Å². The van der Waals surface area contributed by atoms with Crippen LogP contribution in [-0.4, -0.2) is 12.6 Å². The van der Waals surface area contributed by atoms with Gasteiger partial charge in [0.15, 0.2) is 17.4 Å². The first-order valence-electron chi connectivity index (χ1n) is 6.31. The van der Waals surface area contributed by atoms with E-state index in [1.54, 1.807) is 0 Å². The molecule has 0 radical (unpaired) electrons. The molecule has 0 fully saturated rings. The normalized spacial score (nSPS) is 11.9. The number of ether oxygens (including phenoxy) is 1. The summed E-state index contributed by atoms with van der Waals surface area (Å²) in [5, 5.41) is 8.35. The summed E-state index contributed by atoms with van der Waals surface area (Å²) < 4.78 is 32.4. The van der Waals surface area contributed by atoms with Crippen molar-refractivity contribution < 1.29 is 13.5 Å². The first-order chi connectivity index (χ1) is 9.08. The van der Waals surface area contributed by atoms with Crippen LogP contribution in [0.15, 0.2) is 12.1 Å². The predicted octanol–water partition coefficient (Wildman–Crippen LogP) is 2.93. The molecule has 0 aliphatic heterocycles. The van der Waals surface area contributed by atoms with Crippen molar-refractivity contribution in [2.24, 2.45) is 5.73 Å². The Kier molecular flexibility index (Phi) is 6.23. The Morgan fingerprint density at radius 2 is 2.00 bits per heavy atom. The Hall–Kier alpha value is -1.67. The lowest BCUT2D eigenvalue weighted by atomic mass is 10.0. The maximum atomic E-state index is 13.7. The van der Waals surface area contributed by atoms with Crippen LogP contribution in [0, 0.1) is 23.0 Å². The number of benzene rings is 1. The molecule has 0 heterocycles. The van der Waals surface area contributed by atoms with Gasteiger partial charge in [0.2, 0.25) is 0 Å². The van der Waals surface area contributed by atoms with E-state index in [0.717, 1.165) is 6.42 Å². The lowest BCUT2D eigenvalue weighted by molar-refractivity contribution is 0.281. The minimum absolute atomic E-state index is 0.110. The minimum atomic E-state index is -0.727.